The molecule has 3 N–H and O–H groups in total. The number of ether oxygens (including phenoxy) is 1. The summed E-state index contributed by atoms with van der Waals surface area (Å²) in [5, 5.41) is 15.7. The fourth-order valence-electron chi connectivity index (χ4n) is 7.37. The molecule has 1 aliphatic carbocycles. The first kappa shape index (κ1) is 36.9. The summed E-state index contributed by atoms with van der Waals surface area (Å²) < 4.78 is 5.73. The van der Waals surface area contributed by atoms with Crippen molar-refractivity contribution in [3.63, 3.8) is 0 Å². The molecule has 1 saturated heterocycles. The second-order valence-electron chi connectivity index (χ2n) is 14.6. The van der Waals surface area contributed by atoms with E-state index < -0.39 is 17.9 Å². The number of likely N-dealkylation sites (tertiary alicyclic amines) is 1. The molecule has 3 aromatic carbocycles. The van der Waals surface area contributed by atoms with E-state index in [2.05, 4.69) is 48.7 Å². The van der Waals surface area contributed by atoms with Crippen LogP contribution in [0.3, 0.4) is 0 Å². The van der Waals surface area contributed by atoms with Crippen LogP contribution in [0.4, 0.5) is 0 Å². The first-order valence-electron chi connectivity index (χ1n) is 19.0. The quantitative estimate of drug-likeness (QED) is 0.146. The highest BCUT2D eigenvalue weighted by molar-refractivity contribution is 6.10. The van der Waals surface area contributed by atoms with Gasteiger partial charge >= 0.3 is 5.97 Å². The van der Waals surface area contributed by atoms with Crippen LogP contribution in [0.15, 0.2) is 84.0 Å². The third-order valence-corrected chi connectivity index (χ3v) is 10.9. The minimum atomic E-state index is -0.916. The van der Waals surface area contributed by atoms with E-state index in [1.807, 2.05) is 60.9 Å². The predicted molar refractivity (Wildman–Crippen MR) is 204 cm³/mol. The molecule has 1 unspecified atom stereocenters. The van der Waals surface area contributed by atoms with Crippen molar-refractivity contribution < 1.29 is 24.2 Å². The van der Waals surface area contributed by atoms with Crippen molar-refractivity contribution >= 4 is 29.6 Å². The van der Waals surface area contributed by atoms with Crippen LogP contribution in [-0.2, 0) is 27.2 Å². The first-order chi connectivity index (χ1) is 25.3. The largest absolute Gasteiger partial charge is 0.494 e. The number of hydrogen-bond donors (Lipinski definition) is 3. The average Bonchev–Trinajstić information content (AvgIpc) is 3.15. The number of aliphatic imine (C=N–C) groups is 1. The zero-order valence-corrected chi connectivity index (χ0v) is 30.4. The Labute approximate surface area is 307 Å². The fraction of sp³-hybridized carbons (Fsp3) is 0.442. The Morgan fingerprint density at radius 2 is 1.58 bits per heavy atom. The lowest BCUT2D eigenvalue weighted by atomic mass is 9.77. The molecule has 2 heterocycles. The minimum Gasteiger partial charge on any atom is -0.494 e. The van der Waals surface area contributed by atoms with Crippen molar-refractivity contribution in [3.05, 3.63) is 107 Å². The number of amides is 2. The molecule has 52 heavy (non-hydrogen) atoms. The summed E-state index contributed by atoms with van der Waals surface area (Å²) in [4.78, 5) is 44.4. The van der Waals surface area contributed by atoms with E-state index in [-0.39, 0.29) is 43.9 Å². The number of allylic oxidation sites excluding steroid dienone is 1. The van der Waals surface area contributed by atoms with Crippen LogP contribution in [0, 0.1) is 11.8 Å². The fourth-order valence-corrected chi connectivity index (χ4v) is 7.37. The minimum absolute atomic E-state index is 0.112. The van der Waals surface area contributed by atoms with E-state index in [4.69, 9.17) is 9.73 Å². The van der Waals surface area contributed by atoms with Gasteiger partial charge in [0.1, 0.15) is 18.0 Å². The highest BCUT2D eigenvalue weighted by Crippen LogP contribution is 2.37. The van der Waals surface area contributed by atoms with Gasteiger partial charge in [0.15, 0.2) is 0 Å². The molecule has 274 valence electrons. The number of benzene rings is 3. The molecule has 3 aliphatic rings. The lowest BCUT2D eigenvalue weighted by Gasteiger charge is -2.39. The van der Waals surface area contributed by atoms with Crippen molar-refractivity contribution in [1.82, 2.24) is 15.5 Å². The van der Waals surface area contributed by atoms with Gasteiger partial charge in [-0.15, -0.1) is 0 Å². The summed E-state index contributed by atoms with van der Waals surface area (Å²) in [6, 6.07) is 23.5. The maximum atomic E-state index is 13.5. The van der Waals surface area contributed by atoms with E-state index in [0.717, 1.165) is 52.3 Å². The van der Waals surface area contributed by atoms with Gasteiger partial charge in [0, 0.05) is 37.5 Å². The number of rotatable bonds is 15. The number of carboxylic acid groups (broad SMARTS) is 1. The van der Waals surface area contributed by atoms with E-state index in [0.29, 0.717) is 12.5 Å². The molecule has 2 amide bonds. The second-order valence-corrected chi connectivity index (χ2v) is 14.6. The number of carboxylic acids is 1. The van der Waals surface area contributed by atoms with Crippen LogP contribution < -0.4 is 15.4 Å². The molecule has 0 aromatic heterocycles. The molecule has 6 rings (SSSR count). The Hall–Kier alpha value is -4.92. The lowest BCUT2D eigenvalue weighted by molar-refractivity contribution is -0.154. The normalized spacial score (nSPS) is 20.6. The number of carbonyl (C=O) groups excluding carboxylic acids is 2. The Morgan fingerprint density at radius 3 is 2.19 bits per heavy atom. The Bertz CT molecular complexity index is 1720. The van der Waals surface area contributed by atoms with Gasteiger partial charge in [-0.05, 0) is 83.9 Å². The Balaban J connectivity index is 1.05. The summed E-state index contributed by atoms with van der Waals surface area (Å²) >= 11 is 0. The van der Waals surface area contributed by atoms with Crippen molar-refractivity contribution in [1.29, 1.82) is 0 Å². The zero-order valence-electron chi connectivity index (χ0n) is 30.4. The molecule has 3 aromatic rings. The lowest BCUT2D eigenvalue weighted by Crippen LogP contribution is -2.59. The third kappa shape index (κ3) is 9.49. The zero-order chi connectivity index (χ0) is 36.5. The molecular weight excluding hydrogens is 652 g/mol. The Morgan fingerprint density at radius 1 is 0.904 bits per heavy atom. The molecule has 0 spiro atoms. The highest BCUT2D eigenvalue weighted by atomic mass is 16.5. The van der Waals surface area contributed by atoms with E-state index in [1.165, 1.54) is 42.6 Å². The maximum absolute atomic E-state index is 13.5. The SMILES string of the molecule is CCCCOc1ccc(CC(=O)N[C@@H](Cc2ccc(C3N=CC(c4ccc(C5CCC(CC)CC5)cc4)=CN3)cc2)C(=O)N2CC(C(=O)O)C2)cc1. The van der Waals surface area contributed by atoms with Gasteiger partial charge < -0.3 is 25.4 Å². The van der Waals surface area contributed by atoms with Crippen LogP contribution in [0.25, 0.3) is 5.57 Å². The average molecular weight is 705 g/mol. The molecular formula is C43H52N4O5. The smallest absolute Gasteiger partial charge is 0.310 e. The van der Waals surface area contributed by atoms with Gasteiger partial charge in [-0.3, -0.25) is 19.4 Å². The van der Waals surface area contributed by atoms with Crippen LogP contribution in [0.2, 0.25) is 0 Å². The molecule has 2 atom stereocenters. The number of unbranched alkanes of at least 4 members (excludes halogenated alkanes) is 1. The van der Waals surface area contributed by atoms with Crippen LogP contribution >= 0.6 is 0 Å². The molecule has 0 radical (unpaired) electrons. The van der Waals surface area contributed by atoms with Crippen molar-refractivity contribution in [3.8, 4) is 5.75 Å². The highest BCUT2D eigenvalue weighted by Gasteiger charge is 2.38. The standard InChI is InChI=1S/C43H52N4O5/c1-3-5-22-52-38-20-10-31(11-21-38)24-40(48)46-39(42(49)47-27-37(28-47)43(50)51)23-30-8-14-35(15-9-30)41-44-25-36(26-45-41)34-18-16-33(17-19-34)32-12-6-29(4-2)7-13-32/h8-11,14-21,25-26,29,32,37,39,41,44H,3-7,12-13,22-24,27-28H2,1-2H3,(H,46,48)(H,50,51)/t29?,32?,39-,41?/m0/s1. The van der Waals surface area contributed by atoms with Gasteiger partial charge in [-0.1, -0.05) is 87.4 Å². The molecule has 2 aliphatic heterocycles. The van der Waals surface area contributed by atoms with E-state index in [1.54, 1.807) is 0 Å². The summed E-state index contributed by atoms with van der Waals surface area (Å²) in [5.74, 6) is 0.273. The van der Waals surface area contributed by atoms with Gasteiger partial charge in [-0.2, -0.15) is 0 Å². The molecule has 9 heteroatoms. The van der Waals surface area contributed by atoms with Gasteiger partial charge in [0.25, 0.3) is 0 Å². The van der Waals surface area contributed by atoms with Crippen LogP contribution in [0.5, 0.6) is 5.75 Å². The summed E-state index contributed by atoms with van der Waals surface area (Å²) in [7, 11) is 0. The molecule has 0 bridgehead atoms. The first-order valence-corrected chi connectivity index (χ1v) is 19.0. The number of nitrogens with one attached hydrogen (secondary N) is 2. The summed E-state index contributed by atoms with van der Waals surface area (Å²) in [6.45, 7) is 5.35. The predicted octanol–water partition coefficient (Wildman–Crippen LogP) is 7.08. The van der Waals surface area contributed by atoms with E-state index >= 15 is 0 Å². The number of nitrogens with zero attached hydrogens (tertiary/aromatic N) is 2. The number of aliphatic carboxylic acids is 1. The van der Waals surface area contributed by atoms with Crippen molar-refractivity contribution in [2.45, 2.75) is 89.8 Å². The summed E-state index contributed by atoms with van der Waals surface area (Å²) in [5.41, 5.74) is 6.29. The number of hydrogen-bond acceptors (Lipinski definition) is 6. The van der Waals surface area contributed by atoms with E-state index in [9.17, 15) is 19.5 Å². The Kier molecular flexibility index (Phi) is 12.4. The molecule has 9 nitrogen and oxygen atoms in total. The van der Waals surface area contributed by atoms with Gasteiger partial charge in [0.05, 0.1) is 18.9 Å². The maximum Gasteiger partial charge on any atom is 0.310 e. The molecule has 2 fully saturated rings. The monoisotopic (exact) mass is 704 g/mol. The molecule has 1 saturated carbocycles. The van der Waals surface area contributed by atoms with Crippen molar-refractivity contribution in [2.75, 3.05) is 19.7 Å². The summed E-state index contributed by atoms with van der Waals surface area (Å²) in [6.07, 6.45) is 12.7. The van der Waals surface area contributed by atoms with Crippen molar-refractivity contribution in [2.24, 2.45) is 16.8 Å². The topological polar surface area (TPSA) is 120 Å². The number of carbonyl (C=O) groups is 3. The van der Waals surface area contributed by atoms with Gasteiger partial charge in [-0.25, -0.2) is 0 Å². The third-order valence-electron chi connectivity index (χ3n) is 10.9. The van der Waals surface area contributed by atoms with Crippen LogP contribution in [-0.4, -0.2) is 59.7 Å². The van der Waals surface area contributed by atoms with Crippen LogP contribution in [0.1, 0.15) is 98.7 Å². The van der Waals surface area contributed by atoms with Gasteiger partial charge in [0.2, 0.25) is 11.8 Å². The second kappa shape index (κ2) is 17.5.